The minimum absolute atomic E-state index is 0.188. The van der Waals surface area contributed by atoms with Crippen LogP contribution >= 0.6 is 0 Å². The normalized spacial score (nSPS) is 11.9. The molecule has 24 heavy (non-hydrogen) atoms. The second kappa shape index (κ2) is 8.39. The number of carbonyl (C=O) groups is 1. The van der Waals surface area contributed by atoms with Crippen LogP contribution < -0.4 is 14.8 Å². The predicted molar refractivity (Wildman–Crippen MR) is 96.7 cm³/mol. The molecule has 0 saturated carbocycles. The van der Waals surface area contributed by atoms with Crippen LogP contribution in [-0.2, 0) is 4.79 Å². The molecule has 0 aliphatic rings. The van der Waals surface area contributed by atoms with Gasteiger partial charge in [0.15, 0.2) is 6.10 Å². The lowest BCUT2D eigenvalue weighted by Crippen LogP contribution is -2.30. The van der Waals surface area contributed by atoms with E-state index in [0.717, 1.165) is 17.0 Å². The summed E-state index contributed by atoms with van der Waals surface area (Å²) >= 11 is 0. The SMILES string of the molecule is Cc1ccc(O[C@H](C)C(=O)Nc2ccc(OCC(C)C)cc2)cc1. The number of ether oxygens (including phenoxy) is 2. The molecule has 0 aliphatic carbocycles. The zero-order chi connectivity index (χ0) is 17.5. The Morgan fingerprint density at radius 2 is 1.54 bits per heavy atom. The van der Waals surface area contributed by atoms with Crippen LogP contribution in [-0.4, -0.2) is 18.6 Å². The van der Waals surface area contributed by atoms with Gasteiger partial charge in [-0.15, -0.1) is 0 Å². The molecule has 4 nitrogen and oxygen atoms in total. The summed E-state index contributed by atoms with van der Waals surface area (Å²) in [5, 5.41) is 2.85. The topological polar surface area (TPSA) is 47.6 Å². The fourth-order valence-corrected chi connectivity index (χ4v) is 2.02. The second-order valence-corrected chi connectivity index (χ2v) is 6.29. The van der Waals surface area contributed by atoms with E-state index in [4.69, 9.17) is 9.47 Å². The molecule has 4 heteroatoms. The van der Waals surface area contributed by atoms with Crippen LogP contribution in [0.2, 0.25) is 0 Å². The van der Waals surface area contributed by atoms with Crippen molar-refractivity contribution in [1.82, 2.24) is 0 Å². The number of rotatable bonds is 7. The molecule has 2 rings (SSSR count). The maximum Gasteiger partial charge on any atom is 0.265 e. The van der Waals surface area contributed by atoms with E-state index in [-0.39, 0.29) is 5.91 Å². The fourth-order valence-electron chi connectivity index (χ4n) is 2.02. The van der Waals surface area contributed by atoms with E-state index in [9.17, 15) is 4.79 Å². The summed E-state index contributed by atoms with van der Waals surface area (Å²) in [5.41, 5.74) is 1.87. The first-order valence-electron chi connectivity index (χ1n) is 8.21. The third kappa shape index (κ3) is 5.61. The molecule has 0 fully saturated rings. The molecule has 0 aromatic heterocycles. The van der Waals surface area contributed by atoms with Gasteiger partial charge in [0.05, 0.1) is 6.61 Å². The van der Waals surface area contributed by atoms with Gasteiger partial charge in [-0.1, -0.05) is 31.5 Å². The van der Waals surface area contributed by atoms with E-state index in [1.54, 1.807) is 6.92 Å². The van der Waals surface area contributed by atoms with Gasteiger partial charge in [-0.2, -0.15) is 0 Å². The molecule has 0 aliphatic heterocycles. The summed E-state index contributed by atoms with van der Waals surface area (Å²) in [6.45, 7) is 8.62. The van der Waals surface area contributed by atoms with Crippen molar-refractivity contribution in [1.29, 1.82) is 0 Å². The third-order valence-electron chi connectivity index (χ3n) is 3.41. The van der Waals surface area contributed by atoms with Crippen LogP contribution in [0.5, 0.6) is 11.5 Å². The summed E-state index contributed by atoms with van der Waals surface area (Å²) in [6, 6.07) is 15.0. The van der Waals surface area contributed by atoms with E-state index in [1.165, 1.54) is 0 Å². The van der Waals surface area contributed by atoms with Crippen LogP contribution in [0.3, 0.4) is 0 Å². The van der Waals surface area contributed by atoms with Gasteiger partial charge >= 0.3 is 0 Å². The molecule has 1 N–H and O–H groups in total. The molecule has 1 atom stereocenters. The molecule has 0 spiro atoms. The van der Waals surface area contributed by atoms with Gasteiger partial charge in [0, 0.05) is 5.69 Å². The Morgan fingerprint density at radius 3 is 2.12 bits per heavy atom. The summed E-state index contributed by atoms with van der Waals surface area (Å²) in [4.78, 5) is 12.2. The van der Waals surface area contributed by atoms with Crippen molar-refractivity contribution in [2.24, 2.45) is 5.92 Å². The number of hydrogen-bond donors (Lipinski definition) is 1. The van der Waals surface area contributed by atoms with Gasteiger partial charge in [-0.05, 0) is 56.2 Å². The highest BCUT2D eigenvalue weighted by atomic mass is 16.5. The Morgan fingerprint density at radius 1 is 0.958 bits per heavy atom. The summed E-state index contributed by atoms with van der Waals surface area (Å²) in [7, 11) is 0. The molecule has 0 radical (unpaired) electrons. The number of anilines is 1. The highest BCUT2D eigenvalue weighted by molar-refractivity contribution is 5.94. The lowest BCUT2D eigenvalue weighted by Gasteiger charge is -2.15. The van der Waals surface area contributed by atoms with Crippen molar-refractivity contribution >= 4 is 11.6 Å². The van der Waals surface area contributed by atoms with Gasteiger partial charge in [0.2, 0.25) is 0 Å². The first-order chi connectivity index (χ1) is 11.4. The Balaban J connectivity index is 1.87. The first kappa shape index (κ1) is 17.9. The number of carbonyl (C=O) groups excluding carboxylic acids is 1. The van der Waals surface area contributed by atoms with E-state index in [2.05, 4.69) is 19.2 Å². The Kier molecular flexibility index (Phi) is 6.24. The highest BCUT2D eigenvalue weighted by Crippen LogP contribution is 2.18. The van der Waals surface area contributed by atoms with Gasteiger partial charge in [-0.3, -0.25) is 4.79 Å². The number of aryl methyl sites for hydroxylation is 1. The van der Waals surface area contributed by atoms with Gasteiger partial charge in [-0.25, -0.2) is 0 Å². The second-order valence-electron chi connectivity index (χ2n) is 6.29. The summed E-state index contributed by atoms with van der Waals surface area (Å²) in [6.07, 6.45) is -0.579. The van der Waals surface area contributed by atoms with Crippen LogP contribution in [0.1, 0.15) is 26.3 Å². The summed E-state index contributed by atoms with van der Waals surface area (Å²) < 4.78 is 11.3. The largest absolute Gasteiger partial charge is 0.493 e. The summed E-state index contributed by atoms with van der Waals surface area (Å²) in [5.74, 6) is 1.77. The molecule has 2 aromatic carbocycles. The maximum atomic E-state index is 12.2. The van der Waals surface area contributed by atoms with E-state index < -0.39 is 6.10 Å². The molecule has 0 heterocycles. The Bertz CT molecular complexity index is 648. The van der Waals surface area contributed by atoms with Crippen molar-refractivity contribution in [3.63, 3.8) is 0 Å². The van der Waals surface area contributed by atoms with Crippen molar-refractivity contribution in [3.05, 3.63) is 54.1 Å². The standard InChI is InChI=1S/C20H25NO3/c1-14(2)13-23-18-11-7-17(8-12-18)21-20(22)16(4)24-19-9-5-15(3)6-10-19/h5-12,14,16H,13H2,1-4H3,(H,21,22)/t16-/m1/s1. The zero-order valence-corrected chi connectivity index (χ0v) is 14.7. The Labute approximate surface area is 143 Å². The average molecular weight is 327 g/mol. The van der Waals surface area contributed by atoms with Crippen molar-refractivity contribution in [2.75, 3.05) is 11.9 Å². The first-order valence-corrected chi connectivity index (χ1v) is 8.21. The van der Waals surface area contributed by atoms with Gasteiger partial charge in [0.1, 0.15) is 11.5 Å². The van der Waals surface area contributed by atoms with Gasteiger partial charge in [0.25, 0.3) is 5.91 Å². The molecule has 2 aromatic rings. The molecule has 0 bridgehead atoms. The van der Waals surface area contributed by atoms with Crippen LogP contribution in [0, 0.1) is 12.8 Å². The number of hydrogen-bond acceptors (Lipinski definition) is 3. The van der Waals surface area contributed by atoms with Crippen LogP contribution in [0.25, 0.3) is 0 Å². The molecule has 0 unspecified atom stereocenters. The minimum atomic E-state index is -0.579. The predicted octanol–water partition coefficient (Wildman–Crippen LogP) is 4.44. The lowest BCUT2D eigenvalue weighted by atomic mass is 10.2. The minimum Gasteiger partial charge on any atom is -0.493 e. The van der Waals surface area contributed by atoms with Crippen molar-refractivity contribution in [3.8, 4) is 11.5 Å². The van der Waals surface area contributed by atoms with E-state index in [1.807, 2.05) is 55.5 Å². The van der Waals surface area contributed by atoms with Crippen LogP contribution in [0.4, 0.5) is 5.69 Å². The molecular formula is C20H25NO3. The van der Waals surface area contributed by atoms with Gasteiger partial charge < -0.3 is 14.8 Å². The number of amides is 1. The van der Waals surface area contributed by atoms with Crippen molar-refractivity contribution in [2.45, 2.75) is 33.8 Å². The molecule has 128 valence electrons. The lowest BCUT2D eigenvalue weighted by molar-refractivity contribution is -0.122. The fraction of sp³-hybridized carbons (Fsp3) is 0.350. The van der Waals surface area contributed by atoms with E-state index >= 15 is 0 Å². The third-order valence-corrected chi connectivity index (χ3v) is 3.41. The van der Waals surface area contributed by atoms with Crippen LogP contribution in [0.15, 0.2) is 48.5 Å². The zero-order valence-electron chi connectivity index (χ0n) is 14.7. The molecule has 1 amide bonds. The van der Waals surface area contributed by atoms with E-state index in [0.29, 0.717) is 18.3 Å². The highest BCUT2D eigenvalue weighted by Gasteiger charge is 2.14. The number of nitrogens with one attached hydrogen (secondary N) is 1. The smallest absolute Gasteiger partial charge is 0.265 e. The number of benzene rings is 2. The average Bonchev–Trinajstić information content (AvgIpc) is 2.56. The monoisotopic (exact) mass is 327 g/mol. The Hall–Kier alpha value is -2.49. The molecular weight excluding hydrogens is 302 g/mol. The maximum absolute atomic E-state index is 12.2. The van der Waals surface area contributed by atoms with Crippen molar-refractivity contribution < 1.29 is 14.3 Å². The quantitative estimate of drug-likeness (QED) is 0.818. The molecule has 0 saturated heterocycles.